The van der Waals surface area contributed by atoms with Crippen molar-refractivity contribution in [1.82, 2.24) is 0 Å². The smallest absolute Gasteiger partial charge is 0.372 e. The van der Waals surface area contributed by atoms with Crippen LogP contribution in [-0.2, 0) is 4.74 Å². The van der Waals surface area contributed by atoms with E-state index in [-0.39, 0.29) is 0 Å². The van der Waals surface area contributed by atoms with Crippen LogP contribution in [0.15, 0.2) is 24.3 Å². The Hall–Kier alpha value is -1.40. The minimum Gasteiger partial charge on any atom is -0.372 e. The Morgan fingerprint density at radius 2 is 0.880 bits per heavy atom. The van der Waals surface area contributed by atoms with Crippen molar-refractivity contribution in [3.05, 3.63) is 24.3 Å². The Balaban J connectivity index is 4.81. The van der Waals surface area contributed by atoms with Gasteiger partial charge in [-0.15, -0.1) is 0 Å². The number of alkyl halides is 12. The van der Waals surface area contributed by atoms with Crippen LogP contribution in [0.2, 0.25) is 0 Å². The Labute approximate surface area is 132 Å². The van der Waals surface area contributed by atoms with Crippen LogP contribution in [0.25, 0.3) is 0 Å². The van der Waals surface area contributed by atoms with Gasteiger partial charge in [-0.1, -0.05) is 13.2 Å². The SMILES string of the molecule is C=C(COCC(=C)C(F)(F)C(F)C(F)(F)F)C(F)(F)C(F)C(F)(F)F. The van der Waals surface area contributed by atoms with Crippen molar-refractivity contribution in [2.75, 3.05) is 13.2 Å². The van der Waals surface area contributed by atoms with Gasteiger partial charge in [0.25, 0.3) is 12.3 Å². The molecule has 0 rings (SSSR count). The maximum absolute atomic E-state index is 13.1. The molecule has 0 saturated heterocycles. The molecule has 0 spiro atoms. The lowest BCUT2D eigenvalue weighted by Crippen LogP contribution is -2.44. The maximum atomic E-state index is 13.1. The van der Waals surface area contributed by atoms with Crippen molar-refractivity contribution in [3.8, 4) is 0 Å². The highest BCUT2D eigenvalue weighted by Gasteiger charge is 2.59. The number of ether oxygens (including phenoxy) is 1. The van der Waals surface area contributed by atoms with Crippen LogP contribution in [-0.4, -0.2) is 49.8 Å². The zero-order valence-electron chi connectivity index (χ0n) is 11.9. The predicted octanol–water partition coefficient (Wildman–Crippen LogP) is 5.19. The minimum atomic E-state index is -5.96. The Kier molecular flexibility index (Phi) is 7.04. The summed E-state index contributed by atoms with van der Waals surface area (Å²) in [5.74, 6) is -10.4. The van der Waals surface area contributed by atoms with Crippen LogP contribution in [0.4, 0.5) is 52.7 Å². The summed E-state index contributed by atoms with van der Waals surface area (Å²) < 4.78 is 153. The normalized spacial score (nSPS) is 16.5. The van der Waals surface area contributed by atoms with Crippen molar-refractivity contribution in [3.63, 3.8) is 0 Å². The third-order valence-electron chi connectivity index (χ3n) is 2.71. The van der Waals surface area contributed by atoms with E-state index in [9.17, 15) is 52.7 Å². The van der Waals surface area contributed by atoms with E-state index in [0.717, 1.165) is 0 Å². The van der Waals surface area contributed by atoms with E-state index in [1.54, 1.807) is 0 Å². The molecular weight excluding hydrogens is 388 g/mol. The molecule has 0 aliphatic heterocycles. The first kappa shape index (κ1) is 23.6. The highest BCUT2D eigenvalue weighted by molar-refractivity contribution is 5.15. The average molecular weight is 398 g/mol. The lowest BCUT2D eigenvalue weighted by molar-refractivity contribution is -0.235. The topological polar surface area (TPSA) is 9.23 Å². The second-order valence-corrected chi connectivity index (χ2v) is 4.75. The summed E-state index contributed by atoms with van der Waals surface area (Å²) in [6.07, 6.45) is -21.3. The quantitative estimate of drug-likeness (QED) is 0.404. The lowest BCUT2D eigenvalue weighted by atomic mass is 10.1. The van der Waals surface area contributed by atoms with Crippen molar-refractivity contribution in [2.45, 2.75) is 36.5 Å². The first-order chi connectivity index (χ1) is 10.9. The zero-order chi connectivity index (χ0) is 20.4. The van der Waals surface area contributed by atoms with Gasteiger partial charge in [-0.3, -0.25) is 0 Å². The van der Waals surface area contributed by atoms with Crippen LogP contribution in [0.1, 0.15) is 0 Å². The van der Waals surface area contributed by atoms with Gasteiger partial charge >= 0.3 is 24.2 Å². The number of rotatable bonds is 8. The molecule has 0 aliphatic carbocycles. The molecule has 13 heteroatoms. The van der Waals surface area contributed by atoms with Gasteiger partial charge in [0.15, 0.2) is 0 Å². The van der Waals surface area contributed by atoms with Gasteiger partial charge in [-0.2, -0.15) is 43.9 Å². The molecule has 148 valence electrons. The molecule has 0 saturated carbocycles. The highest BCUT2D eigenvalue weighted by Crippen LogP contribution is 2.40. The summed E-state index contributed by atoms with van der Waals surface area (Å²) in [7, 11) is 0. The van der Waals surface area contributed by atoms with Crippen LogP contribution < -0.4 is 0 Å². The molecule has 2 unspecified atom stereocenters. The second kappa shape index (κ2) is 7.46. The van der Waals surface area contributed by atoms with Gasteiger partial charge < -0.3 is 4.74 Å². The first-order valence-corrected chi connectivity index (χ1v) is 5.97. The lowest BCUT2D eigenvalue weighted by Gasteiger charge is -2.26. The summed E-state index contributed by atoms with van der Waals surface area (Å²) in [6.45, 7) is 1.57. The molecule has 0 aromatic carbocycles. The van der Waals surface area contributed by atoms with Crippen molar-refractivity contribution < 1.29 is 57.4 Å². The molecule has 0 aliphatic rings. The van der Waals surface area contributed by atoms with E-state index in [0.29, 0.717) is 0 Å². The van der Waals surface area contributed by atoms with E-state index in [1.165, 1.54) is 0 Å². The number of hydrogen-bond donors (Lipinski definition) is 0. The molecule has 1 nitrogen and oxygen atoms in total. The minimum absolute atomic E-state index is 1.62. The fourth-order valence-corrected chi connectivity index (χ4v) is 1.26. The van der Waals surface area contributed by atoms with E-state index in [4.69, 9.17) is 0 Å². The van der Waals surface area contributed by atoms with E-state index < -0.39 is 60.9 Å². The summed E-state index contributed by atoms with van der Waals surface area (Å²) in [6, 6.07) is 0. The first-order valence-electron chi connectivity index (χ1n) is 5.97. The standard InChI is InChI=1S/C12H10F12O/c1-5(9(15,16)7(13)11(19,20)21)3-25-4-6(2)10(17,18)8(14)12(22,23)24/h7-8H,1-4H2. The Morgan fingerprint density at radius 3 is 1.08 bits per heavy atom. The summed E-state index contributed by atoms with van der Waals surface area (Å²) in [5.41, 5.74) is -3.64. The van der Waals surface area contributed by atoms with E-state index in [2.05, 4.69) is 17.9 Å². The van der Waals surface area contributed by atoms with Crippen LogP contribution in [0, 0.1) is 0 Å². The van der Waals surface area contributed by atoms with Gasteiger partial charge in [0.05, 0.1) is 13.2 Å². The molecule has 0 radical (unpaired) electrons. The molecule has 0 aromatic heterocycles. The zero-order valence-corrected chi connectivity index (χ0v) is 11.9. The van der Waals surface area contributed by atoms with Crippen molar-refractivity contribution >= 4 is 0 Å². The van der Waals surface area contributed by atoms with Gasteiger partial charge in [-0.05, 0) is 0 Å². The van der Waals surface area contributed by atoms with Crippen LogP contribution >= 0.6 is 0 Å². The summed E-state index contributed by atoms with van der Waals surface area (Å²) in [4.78, 5) is 0. The highest BCUT2D eigenvalue weighted by atomic mass is 19.4. The summed E-state index contributed by atoms with van der Waals surface area (Å²) >= 11 is 0. The van der Waals surface area contributed by atoms with Crippen LogP contribution in [0.5, 0.6) is 0 Å². The fourth-order valence-electron chi connectivity index (χ4n) is 1.26. The number of hydrogen-bond acceptors (Lipinski definition) is 1. The monoisotopic (exact) mass is 398 g/mol. The average Bonchev–Trinajstić information content (AvgIpc) is 2.42. The van der Waals surface area contributed by atoms with Gasteiger partial charge in [-0.25, -0.2) is 8.78 Å². The molecule has 0 N–H and O–H groups in total. The Morgan fingerprint density at radius 1 is 0.640 bits per heavy atom. The molecule has 25 heavy (non-hydrogen) atoms. The molecule has 0 heterocycles. The molecule has 0 aromatic rings. The van der Waals surface area contributed by atoms with E-state index in [1.807, 2.05) is 0 Å². The van der Waals surface area contributed by atoms with Gasteiger partial charge in [0, 0.05) is 11.1 Å². The predicted molar refractivity (Wildman–Crippen MR) is 60.9 cm³/mol. The molecule has 2 atom stereocenters. The molecule has 0 bridgehead atoms. The molecular formula is C12H10F12O. The largest absolute Gasteiger partial charge is 0.426 e. The van der Waals surface area contributed by atoms with Crippen molar-refractivity contribution in [1.29, 1.82) is 0 Å². The van der Waals surface area contributed by atoms with Crippen molar-refractivity contribution in [2.24, 2.45) is 0 Å². The third kappa shape index (κ3) is 5.82. The summed E-state index contributed by atoms with van der Waals surface area (Å²) in [5, 5.41) is 0. The third-order valence-corrected chi connectivity index (χ3v) is 2.71. The van der Waals surface area contributed by atoms with Crippen LogP contribution in [0.3, 0.4) is 0 Å². The van der Waals surface area contributed by atoms with E-state index >= 15 is 0 Å². The van der Waals surface area contributed by atoms with Gasteiger partial charge in [0.2, 0.25) is 0 Å². The Bertz CT molecular complexity index is 445. The second-order valence-electron chi connectivity index (χ2n) is 4.75. The maximum Gasteiger partial charge on any atom is 0.426 e. The fraction of sp³-hybridized carbons (Fsp3) is 0.667. The van der Waals surface area contributed by atoms with Gasteiger partial charge in [0.1, 0.15) is 0 Å². The molecule has 0 amide bonds. The number of halogens is 12. The molecule has 0 fully saturated rings.